The van der Waals surface area contributed by atoms with E-state index in [4.69, 9.17) is 0 Å². The Labute approximate surface area is 157 Å². The molecule has 27 heavy (non-hydrogen) atoms. The van der Waals surface area contributed by atoms with Gasteiger partial charge in [-0.25, -0.2) is 17.5 Å². The Morgan fingerprint density at radius 3 is 2.26 bits per heavy atom. The fourth-order valence-corrected chi connectivity index (χ4v) is 3.45. The molecule has 0 saturated carbocycles. The third-order valence-electron chi connectivity index (χ3n) is 3.37. The van der Waals surface area contributed by atoms with Crippen LogP contribution in [0.5, 0.6) is 0 Å². The van der Waals surface area contributed by atoms with Crippen molar-refractivity contribution in [2.45, 2.75) is 24.8 Å². The number of anilines is 1. The summed E-state index contributed by atoms with van der Waals surface area (Å²) >= 11 is 0. The first kappa shape index (κ1) is 20.5. The van der Waals surface area contributed by atoms with E-state index in [1.54, 1.807) is 13.8 Å². The molecule has 2 rings (SSSR count). The highest BCUT2D eigenvalue weighted by Crippen LogP contribution is 2.14. The van der Waals surface area contributed by atoms with Crippen molar-refractivity contribution in [2.75, 3.05) is 11.9 Å². The number of benzene rings is 2. The molecule has 144 valence electrons. The van der Waals surface area contributed by atoms with Gasteiger partial charge in [-0.15, -0.1) is 0 Å². The molecule has 0 atom stereocenters. The van der Waals surface area contributed by atoms with E-state index < -0.39 is 27.7 Å². The average Bonchev–Trinajstić information content (AvgIpc) is 2.59. The van der Waals surface area contributed by atoms with Gasteiger partial charge in [0.25, 0.3) is 5.91 Å². The van der Waals surface area contributed by atoms with Gasteiger partial charge in [-0.05, 0) is 50.2 Å². The smallest absolute Gasteiger partial charge is 0.254 e. The molecule has 0 spiro atoms. The topological polar surface area (TPSA) is 104 Å². The number of amides is 2. The van der Waals surface area contributed by atoms with E-state index >= 15 is 0 Å². The molecule has 0 heterocycles. The SMILES string of the molecule is CC(C)NS(=O)(=O)c1ccc(NC(=O)CNC(=O)c2ccccc2F)cc1. The van der Waals surface area contributed by atoms with E-state index in [9.17, 15) is 22.4 Å². The Morgan fingerprint density at radius 2 is 1.67 bits per heavy atom. The molecule has 9 heteroatoms. The maximum Gasteiger partial charge on any atom is 0.254 e. The third kappa shape index (κ3) is 5.87. The van der Waals surface area contributed by atoms with Crippen molar-refractivity contribution < 1.29 is 22.4 Å². The first-order valence-corrected chi connectivity index (χ1v) is 9.62. The molecule has 2 aromatic rings. The van der Waals surface area contributed by atoms with Gasteiger partial charge in [0, 0.05) is 11.7 Å². The minimum absolute atomic E-state index is 0.0713. The van der Waals surface area contributed by atoms with Gasteiger partial charge < -0.3 is 10.6 Å². The molecule has 0 saturated heterocycles. The molecule has 3 N–H and O–H groups in total. The summed E-state index contributed by atoms with van der Waals surface area (Å²) in [6, 6.07) is 10.8. The van der Waals surface area contributed by atoms with Crippen LogP contribution in [0.15, 0.2) is 53.4 Å². The van der Waals surface area contributed by atoms with Crippen LogP contribution in [-0.2, 0) is 14.8 Å². The van der Waals surface area contributed by atoms with Gasteiger partial charge in [0.05, 0.1) is 17.0 Å². The predicted molar refractivity (Wildman–Crippen MR) is 99.3 cm³/mol. The lowest BCUT2D eigenvalue weighted by Gasteiger charge is -2.11. The third-order valence-corrected chi connectivity index (χ3v) is 5.04. The molecular weight excluding hydrogens is 373 g/mol. The van der Waals surface area contributed by atoms with Gasteiger partial charge in [0.2, 0.25) is 15.9 Å². The molecule has 2 aromatic carbocycles. The summed E-state index contributed by atoms with van der Waals surface area (Å²) in [5.41, 5.74) is 0.209. The van der Waals surface area contributed by atoms with Gasteiger partial charge >= 0.3 is 0 Å². The second-order valence-electron chi connectivity index (χ2n) is 6.01. The molecule has 2 amide bonds. The Hall–Kier alpha value is -2.78. The highest BCUT2D eigenvalue weighted by atomic mass is 32.2. The number of sulfonamides is 1. The first-order valence-electron chi connectivity index (χ1n) is 8.14. The zero-order chi connectivity index (χ0) is 20.0. The standard InChI is InChI=1S/C18H20FN3O4S/c1-12(2)22-27(25,26)14-9-7-13(8-10-14)21-17(23)11-20-18(24)15-5-3-4-6-16(15)19/h3-10,12,22H,11H2,1-2H3,(H,20,24)(H,21,23). The van der Waals surface area contributed by atoms with Crippen molar-refractivity contribution >= 4 is 27.5 Å². The Kier molecular flexibility index (Phi) is 6.65. The fourth-order valence-electron chi connectivity index (χ4n) is 2.20. The fraction of sp³-hybridized carbons (Fsp3) is 0.222. The number of carbonyl (C=O) groups excluding carboxylic acids is 2. The van der Waals surface area contributed by atoms with Crippen molar-refractivity contribution in [1.29, 1.82) is 0 Å². The zero-order valence-corrected chi connectivity index (χ0v) is 15.6. The highest BCUT2D eigenvalue weighted by Gasteiger charge is 2.15. The van der Waals surface area contributed by atoms with Crippen molar-refractivity contribution in [2.24, 2.45) is 0 Å². The van der Waals surface area contributed by atoms with Crippen LogP contribution in [0.4, 0.5) is 10.1 Å². The lowest BCUT2D eigenvalue weighted by atomic mass is 10.2. The minimum atomic E-state index is -3.62. The van der Waals surface area contributed by atoms with Crippen molar-refractivity contribution in [3.63, 3.8) is 0 Å². The molecule has 0 aliphatic rings. The van der Waals surface area contributed by atoms with E-state index in [1.807, 2.05) is 0 Å². The van der Waals surface area contributed by atoms with Crippen LogP contribution < -0.4 is 15.4 Å². The van der Waals surface area contributed by atoms with Gasteiger partial charge in [0.1, 0.15) is 5.82 Å². The second-order valence-corrected chi connectivity index (χ2v) is 7.73. The van der Waals surface area contributed by atoms with E-state index in [0.29, 0.717) is 5.69 Å². The Bertz CT molecular complexity index is 928. The van der Waals surface area contributed by atoms with Crippen LogP contribution in [0.1, 0.15) is 24.2 Å². The molecule has 7 nitrogen and oxygen atoms in total. The van der Waals surface area contributed by atoms with Crippen LogP contribution in [-0.4, -0.2) is 32.8 Å². The predicted octanol–water partition coefficient (Wildman–Crippen LogP) is 1.88. The van der Waals surface area contributed by atoms with E-state index in [2.05, 4.69) is 15.4 Å². The molecule has 0 unspecified atom stereocenters. The van der Waals surface area contributed by atoms with Crippen LogP contribution in [0, 0.1) is 5.82 Å². The Morgan fingerprint density at radius 1 is 1.04 bits per heavy atom. The van der Waals surface area contributed by atoms with Crippen LogP contribution in [0.2, 0.25) is 0 Å². The van der Waals surface area contributed by atoms with Crippen LogP contribution in [0.25, 0.3) is 0 Å². The summed E-state index contributed by atoms with van der Waals surface area (Å²) < 4.78 is 40.0. The lowest BCUT2D eigenvalue weighted by Crippen LogP contribution is -2.33. The average molecular weight is 393 g/mol. The van der Waals surface area contributed by atoms with Crippen molar-refractivity contribution in [1.82, 2.24) is 10.0 Å². The minimum Gasteiger partial charge on any atom is -0.343 e. The van der Waals surface area contributed by atoms with Gasteiger partial charge in [-0.1, -0.05) is 12.1 Å². The van der Waals surface area contributed by atoms with Gasteiger partial charge in [-0.3, -0.25) is 9.59 Å². The quantitative estimate of drug-likeness (QED) is 0.668. The number of hydrogen-bond acceptors (Lipinski definition) is 4. The van der Waals surface area contributed by atoms with Gasteiger partial charge in [-0.2, -0.15) is 0 Å². The van der Waals surface area contributed by atoms with E-state index in [0.717, 1.165) is 6.07 Å². The zero-order valence-electron chi connectivity index (χ0n) is 14.8. The number of nitrogens with one attached hydrogen (secondary N) is 3. The number of rotatable bonds is 7. The van der Waals surface area contributed by atoms with Crippen LogP contribution >= 0.6 is 0 Å². The lowest BCUT2D eigenvalue weighted by molar-refractivity contribution is -0.115. The van der Waals surface area contributed by atoms with Crippen LogP contribution in [0.3, 0.4) is 0 Å². The summed E-state index contributed by atoms with van der Waals surface area (Å²) in [6.45, 7) is 3.06. The molecule has 0 aliphatic carbocycles. The molecule has 0 aromatic heterocycles. The molecule has 0 fully saturated rings. The monoisotopic (exact) mass is 393 g/mol. The summed E-state index contributed by atoms with van der Waals surface area (Å²) in [4.78, 5) is 23.8. The van der Waals surface area contributed by atoms with E-state index in [-0.39, 0.29) is 23.0 Å². The maximum absolute atomic E-state index is 13.5. The maximum atomic E-state index is 13.5. The van der Waals surface area contributed by atoms with E-state index in [1.165, 1.54) is 42.5 Å². The second kappa shape index (κ2) is 8.74. The van der Waals surface area contributed by atoms with Crippen molar-refractivity contribution in [3.05, 3.63) is 59.9 Å². The number of halogens is 1. The molecular formula is C18H20FN3O4S. The number of carbonyl (C=O) groups is 2. The summed E-state index contributed by atoms with van der Waals surface area (Å²) in [6.07, 6.45) is 0. The van der Waals surface area contributed by atoms with Crippen molar-refractivity contribution in [3.8, 4) is 0 Å². The Balaban J connectivity index is 1.93. The van der Waals surface area contributed by atoms with Gasteiger partial charge in [0.15, 0.2) is 0 Å². The molecule has 0 bridgehead atoms. The molecule has 0 aliphatic heterocycles. The highest BCUT2D eigenvalue weighted by molar-refractivity contribution is 7.89. The first-order chi connectivity index (χ1) is 12.7. The summed E-state index contributed by atoms with van der Waals surface area (Å²) in [7, 11) is -3.62. The summed E-state index contributed by atoms with van der Waals surface area (Å²) in [5, 5.41) is 4.84. The normalized spacial score (nSPS) is 11.3. The largest absolute Gasteiger partial charge is 0.343 e. The summed E-state index contributed by atoms with van der Waals surface area (Å²) in [5.74, 6) is -1.91. The number of hydrogen-bond donors (Lipinski definition) is 3. The molecule has 0 radical (unpaired) electrons.